The van der Waals surface area contributed by atoms with Crippen LogP contribution in [0.2, 0.25) is 5.02 Å². The van der Waals surface area contributed by atoms with Gasteiger partial charge in [-0.15, -0.1) is 0 Å². The van der Waals surface area contributed by atoms with E-state index in [0.717, 1.165) is 21.4 Å². The highest BCUT2D eigenvalue weighted by atomic mass is 35.5. The van der Waals surface area contributed by atoms with Crippen molar-refractivity contribution >= 4 is 38.8 Å². The molecule has 0 fully saturated rings. The molecule has 2 rings (SSSR count). The average molecular weight is 240 g/mol. The van der Waals surface area contributed by atoms with Crippen molar-refractivity contribution in [3.05, 3.63) is 35.0 Å². The predicted octanol–water partition coefficient (Wildman–Crippen LogP) is 3.43. The van der Waals surface area contributed by atoms with Crippen LogP contribution in [-0.4, -0.2) is 4.98 Å². The summed E-state index contributed by atoms with van der Waals surface area (Å²) < 4.78 is 0. The van der Waals surface area contributed by atoms with Crippen LogP contribution in [0.4, 0.5) is 15.8 Å². The summed E-state index contributed by atoms with van der Waals surface area (Å²) in [5.74, 6) is 0. The van der Waals surface area contributed by atoms with Crippen molar-refractivity contribution in [1.29, 1.82) is 0 Å². The van der Waals surface area contributed by atoms with Gasteiger partial charge in [-0.1, -0.05) is 29.0 Å². The van der Waals surface area contributed by atoms with Gasteiger partial charge in [0.05, 0.1) is 6.20 Å². The zero-order valence-electron chi connectivity index (χ0n) is 8.12. The highest BCUT2D eigenvalue weighted by Gasteiger charge is 2.04. The Kier molecular flexibility index (Phi) is 2.79. The lowest BCUT2D eigenvalue weighted by molar-refractivity contribution is 1.37. The van der Waals surface area contributed by atoms with Gasteiger partial charge in [0.1, 0.15) is 5.00 Å². The first-order valence-electron chi connectivity index (χ1n) is 4.40. The number of nitrogen functional groups attached to an aromatic ring is 1. The van der Waals surface area contributed by atoms with E-state index in [4.69, 9.17) is 17.3 Å². The van der Waals surface area contributed by atoms with Crippen LogP contribution in [0.5, 0.6) is 0 Å². The SMILES string of the molecule is Cc1c(Cl)cccc1Nc1ncc(N)s1. The summed E-state index contributed by atoms with van der Waals surface area (Å²) in [7, 11) is 0. The van der Waals surface area contributed by atoms with E-state index in [2.05, 4.69) is 10.3 Å². The summed E-state index contributed by atoms with van der Waals surface area (Å²) in [6, 6.07) is 5.71. The summed E-state index contributed by atoms with van der Waals surface area (Å²) >= 11 is 7.41. The van der Waals surface area contributed by atoms with E-state index in [1.54, 1.807) is 6.20 Å². The van der Waals surface area contributed by atoms with E-state index in [-0.39, 0.29) is 0 Å². The molecule has 2 aromatic rings. The first kappa shape index (κ1) is 10.3. The zero-order valence-corrected chi connectivity index (χ0v) is 9.69. The minimum absolute atomic E-state index is 0.692. The number of anilines is 3. The van der Waals surface area contributed by atoms with E-state index < -0.39 is 0 Å². The standard InChI is InChI=1S/C10H10ClN3S/c1-6-7(11)3-2-4-8(6)14-10-13-5-9(12)15-10/h2-5H,12H2,1H3,(H,13,14). The molecule has 1 aromatic heterocycles. The number of nitrogens with two attached hydrogens (primary N) is 1. The monoisotopic (exact) mass is 239 g/mol. The topological polar surface area (TPSA) is 50.9 Å². The van der Waals surface area contributed by atoms with Crippen molar-refractivity contribution in [2.75, 3.05) is 11.1 Å². The molecule has 0 saturated heterocycles. The number of nitrogens with zero attached hydrogens (tertiary/aromatic N) is 1. The van der Waals surface area contributed by atoms with Crippen LogP contribution in [0.15, 0.2) is 24.4 Å². The predicted molar refractivity (Wildman–Crippen MR) is 66.0 cm³/mol. The fraction of sp³-hybridized carbons (Fsp3) is 0.100. The maximum Gasteiger partial charge on any atom is 0.189 e. The van der Waals surface area contributed by atoms with Gasteiger partial charge in [0.25, 0.3) is 0 Å². The highest BCUT2D eigenvalue weighted by molar-refractivity contribution is 7.19. The second-order valence-corrected chi connectivity index (χ2v) is 4.57. The highest BCUT2D eigenvalue weighted by Crippen LogP contribution is 2.28. The lowest BCUT2D eigenvalue weighted by Crippen LogP contribution is -1.92. The summed E-state index contributed by atoms with van der Waals surface area (Å²) in [6.07, 6.45) is 1.63. The molecule has 15 heavy (non-hydrogen) atoms. The molecule has 0 aliphatic rings. The molecule has 5 heteroatoms. The van der Waals surface area contributed by atoms with Gasteiger partial charge < -0.3 is 11.1 Å². The molecule has 0 atom stereocenters. The maximum absolute atomic E-state index is 6.00. The number of thiazole rings is 1. The molecule has 0 spiro atoms. The number of hydrogen-bond donors (Lipinski definition) is 2. The quantitative estimate of drug-likeness (QED) is 0.844. The van der Waals surface area contributed by atoms with Gasteiger partial charge in [0, 0.05) is 10.7 Å². The number of benzene rings is 1. The molecule has 78 valence electrons. The molecule has 1 aromatic carbocycles. The van der Waals surface area contributed by atoms with Crippen molar-refractivity contribution in [3.8, 4) is 0 Å². The zero-order chi connectivity index (χ0) is 10.8. The van der Waals surface area contributed by atoms with Gasteiger partial charge >= 0.3 is 0 Å². The van der Waals surface area contributed by atoms with Crippen LogP contribution >= 0.6 is 22.9 Å². The van der Waals surface area contributed by atoms with E-state index in [0.29, 0.717) is 5.00 Å². The molecular weight excluding hydrogens is 230 g/mol. The van der Waals surface area contributed by atoms with Crippen LogP contribution in [0, 0.1) is 6.92 Å². The summed E-state index contributed by atoms with van der Waals surface area (Å²) in [5, 5.41) is 5.38. The number of nitrogens with one attached hydrogen (secondary N) is 1. The molecule has 0 aliphatic heterocycles. The molecular formula is C10H10ClN3S. The van der Waals surface area contributed by atoms with Crippen molar-refractivity contribution in [2.45, 2.75) is 6.92 Å². The van der Waals surface area contributed by atoms with Gasteiger partial charge in [0.15, 0.2) is 5.13 Å². The third kappa shape index (κ3) is 2.22. The smallest absolute Gasteiger partial charge is 0.189 e. The fourth-order valence-corrected chi connectivity index (χ4v) is 1.97. The molecule has 0 unspecified atom stereocenters. The van der Waals surface area contributed by atoms with Crippen molar-refractivity contribution in [2.24, 2.45) is 0 Å². The molecule has 0 saturated carbocycles. The van der Waals surface area contributed by atoms with Crippen molar-refractivity contribution in [3.63, 3.8) is 0 Å². The number of aromatic nitrogens is 1. The van der Waals surface area contributed by atoms with Crippen LogP contribution in [0.25, 0.3) is 0 Å². The average Bonchev–Trinajstić information content (AvgIpc) is 2.59. The van der Waals surface area contributed by atoms with Crippen LogP contribution < -0.4 is 11.1 Å². The minimum atomic E-state index is 0.692. The van der Waals surface area contributed by atoms with E-state index in [1.165, 1.54) is 11.3 Å². The third-order valence-corrected chi connectivity index (χ3v) is 3.18. The van der Waals surface area contributed by atoms with Gasteiger partial charge in [-0.05, 0) is 24.6 Å². The molecule has 1 heterocycles. The van der Waals surface area contributed by atoms with E-state index in [9.17, 15) is 0 Å². The van der Waals surface area contributed by atoms with Crippen LogP contribution in [0.1, 0.15) is 5.56 Å². The van der Waals surface area contributed by atoms with Gasteiger partial charge in [-0.25, -0.2) is 4.98 Å². The van der Waals surface area contributed by atoms with E-state index >= 15 is 0 Å². The number of hydrogen-bond acceptors (Lipinski definition) is 4. The first-order valence-corrected chi connectivity index (χ1v) is 5.59. The Morgan fingerprint density at radius 2 is 2.27 bits per heavy atom. The Hall–Kier alpha value is -1.26. The molecule has 0 amide bonds. The molecule has 0 aliphatic carbocycles. The minimum Gasteiger partial charge on any atom is -0.389 e. The second kappa shape index (κ2) is 4.08. The Morgan fingerprint density at radius 1 is 1.47 bits per heavy atom. The Labute approximate surface area is 96.9 Å². The summed E-state index contributed by atoms with van der Waals surface area (Å²) in [5.41, 5.74) is 7.55. The second-order valence-electron chi connectivity index (χ2n) is 3.11. The normalized spacial score (nSPS) is 10.3. The lowest BCUT2D eigenvalue weighted by atomic mass is 10.2. The van der Waals surface area contributed by atoms with E-state index in [1.807, 2.05) is 25.1 Å². The molecule has 3 N–H and O–H groups in total. The lowest BCUT2D eigenvalue weighted by Gasteiger charge is -2.07. The summed E-state index contributed by atoms with van der Waals surface area (Å²) in [4.78, 5) is 4.12. The van der Waals surface area contributed by atoms with Crippen molar-refractivity contribution < 1.29 is 0 Å². The molecule has 3 nitrogen and oxygen atoms in total. The largest absolute Gasteiger partial charge is 0.389 e. The first-order chi connectivity index (χ1) is 7.16. The Balaban J connectivity index is 2.28. The van der Waals surface area contributed by atoms with Gasteiger partial charge in [0.2, 0.25) is 0 Å². The number of rotatable bonds is 2. The summed E-state index contributed by atoms with van der Waals surface area (Å²) in [6.45, 7) is 1.96. The van der Waals surface area contributed by atoms with Gasteiger partial charge in [-0.2, -0.15) is 0 Å². The molecule has 0 radical (unpaired) electrons. The third-order valence-electron chi connectivity index (χ3n) is 2.03. The van der Waals surface area contributed by atoms with Gasteiger partial charge in [-0.3, -0.25) is 0 Å². The fourth-order valence-electron chi connectivity index (χ4n) is 1.20. The Bertz CT molecular complexity index is 481. The van der Waals surface area contributed by atoms with Crippen LogP contribution in [0.3, 0.4) is 0 Å². The van der Waals surface area contributed by atoms with Crippen LogP contribution in [-0.2, 0) is 0 Å². The van der Waals surface area contributed by atoms with Crippen molar-refractivity contribution in [1.82, 2.24) is 4.98 Å². The number of halogens is 1. The molecule has 0 bridgehead atoms. The Morgan fingerprint density at radius 3 is 2.93 bits per heavy atom. The maximum atomic E-state index is 6.00.